The lowest BCUT2D eigenvalue weighted by Crippen LogP contribution is -2.63. The van der Waals surface area contributed by atoms with Crippen LogP contribution >= 0.6 is 16.3 Å². The number of carbonyl (C=O) groups excluding carboxylic acids is 5. The van der Waals surface area contributed by atoms with E-state index in [1.807, 2.05) is 32.9 Å². The Morgan fingerprint density at radius 2 is 1.75 bits per heavy atom. The summed E-state index contributed by atoms with van der Waals surface area (Å²) in [6.45, 7) is 12.7. The molecule has 13 nitrogen and oxygen atoms in total. The van der Waals surface area contributed by atoms with Crippen molar-refractivity contribution in [2.24, 2.45) is 35.5 Å². The van der Waals surface area contributed by atoms with Crippen molar-refractivity contribution in [1.29, 1.82) is 0 Å². The Balaban J connectivity index is 1.76. The third-order valence-corrected chi connectivity index (χ3v) is 13.1. The number of fused-ring (bicyclic) bond motifs is 3. The van der Waals surface area contributed by atoms with Gasteiger partial charge in [0, 0.05) is 43.7 Å². The second-order valence-electron chi connectivity index (χ2n) is 17.2. The number of esters is 1. The first-order valence-corrected chi connectivity index (χ1v) is 21.2. The van der Waals surface area contributed by atoms with Crippen LogP contribution in [-0.2, 0) is 42.0 Å². The molecule has 4 rings (SSSR count). The molecule has 1 amide bonds. The Kier molecular flexibility index (Phi) is 17.4. The van der Waals surface area contributed by atoms with E-state index in [4.69, 9.17) is 18.0 Å². The van der Waals surface area contributed by atoms with Gasteiger partial charge in [-0.05, 0) is 95.5 Å². The summed E-state index contributed by atoms with van der Waals surface area (Å²) in [6, 6.07) is -1.19. The topological polar surface area (TPSA) is 186 Å². The Morgan fingerprint density at radius 3 is 2.40 bits per heavy atom. The maximum atomic E-state index is 14.3. The van der Waals surface area contributed by atoms with Crippen molar-refractivity contribution in [2.75, 3.05) is 13.7 Å². The number of allylic oxidation sites excluding steroid dienone is 4. The number of amides is 1. The number of ketones is 2. The molecule has 57 heavy (non-hydrogen) atoms. The van der Waals surface area contributed by atoms with Crippen LogP contribution in [0.25, 0.3) is 0 Å². The van der Waals surface area contributed by atoms with Crippen molar-refractivity contribution in [1.82, 2.24) is 4.90 Å². The van der Waals surface area contributed by atoms with Crippen LogP contribution in [0.4, 0.5) is 0 Å². The Morgan fingerprint density at radius 1 is 1.04 bits per heavy atom. The Labute approximate surface area is 346 Å². The number of hydrogen-bond acceptors (Lipinski definition) is 12. The summed E-state index contributed by atoms with van der Waals surface area (Å²) in [7, 11) is 1.62. The zero-order chi connectivity index (χ0) is 42.2. The molecule has 0 unspecified atom stereocenters. The molecule has 4 aliphatic rings. The predicted molar refractivity (Wildman–Crippen MR) is 214 cm³/mol. The van der Waals surface area contributed by atoms with Crippen LogP contribution in [-0.4, -0.2) is 112 Å². The number of ether oxygens (including phenoxy) is 3. The minimum Gasteiger partial charge on any atom is -0.456 e. The molecule has 2 bridgehead atoms. The largest absolute Gasteiger partial charge is 0.456 e. The van der Waals surface area contributed by atoms with Crippen molar-refractivity contribution >= 4 is 46.0 Å². The van der Waals surface area contributed by atoms with Crippen molar-refractivity contribution in [3.8, 4) is 0 Å². The molecule has 14 atom stereocenters. The number of carbonyl (C=O) groups is 5. The van der Waals surface area contributed by atoms with Crippen LogP contribution in [0.2, 0.25) is 0 Å². The summed E-state index contributed by atoms with van der Waals surface area (Å²) >= 11 is 3.10. The summed E-state index contributed by atoms with van der Waals surface area (Å²) in [5.74, 6) is -9.41. The molecule has 3 aliphatic heterocycles. The minimum absolute atomic E-state index is 0.0196. The molecule has 14 heteroatoms. The molecule has 0 aromatic rings. The van der Waals surface area contributed by atoms with E-state index in [0.717, 1.165) is 16.9 Å². The number of halogens is 1. The zero-order valence-electron chi connectivity index (χ0n) is 34.3. The molecule has 3 fully saturated rings. The molecule has 3 N–H and O–H groups in total. The molecule has 1 aliphatic carbocycles. The summed E-state index contributed by atoms with van der Waals surface area (Å²) in [5.41, 5.74) is 1.52. The van der Waals surface area contributed by atoms with Crippen molar-refractivity contribution in [2.45, 2.75) is 154 Å². The number of rotatable bonds is 7. The van der Waals surface area contributed by atoms with Crippen molar-refractivity contribution in [3.63, 3.8) is 0 Å². The van der Waals surface area contributed by atoms with E-state index in [0.29, 0.717) is 50.4 Å². The van der Waals surface area contributed by atoms with E-state index in [1.165, 1.54) is 6.92 Å². The fraction of sp³-hybridized carbons (Fsp3) is 0.744. The van der Waals surface area contributed by atoms with Gasteiger partial charge in [0.25, 0.3) is 11.7 Å². The number of aliphatic hydroxyl groups excluding tert-OH is 2. The second kappa shape index (κ2) is 21.1. The number of aldehydes is 1. The van der Waals surface area contributed by atoms with Crippen molar-refractivity contribution < 1.29 is 57.3 Å². The lowest BCUT2D eigenvalue weighted by atomic mass is 9.78. The average Bonchev–Trinajstić information content (AvgIpc) is 3.18. The molecule has 0 aromatic heterocycles. The zero-order valence-corrected chi connectivity index (χ0v) is 35.9. The van der Waals surface area contributed by atoms with Crippen LogP contribution in [0, 0.1) is 35.5 Å². The highest BCUT2D eigenvalue weighted by molar-refractivity contribution is 9.06. The van der Waals surface area contributed by atoms with E-state index >= 15 is 0 Å². The summed E-state index contributed by atoms with van der Waals surface area (Å²) < 4.78 is 23.3. The van der Waals surface area contributed by atoms with Gasteiger partial charge in [-0.3, -0.25) is 14.4 Å². The number of aliphatic hydroxyl groups is 3. The van der Waals surface area contributed by atoms with E-state index in [1.54, 1.807) is 20.1 Å². The highest BCUT2D eigenvalue weighted by Gasteiger charge is 2.56. The van der Waals surface area contributed by atoms with Gasteiger partial charge in [0.2, 0.25) is 5.79 Å². The number of nitrogens with zero attached hydrogens (tertiary/aromatic N) is 1. The van der Waals surface area contributed by atoms with Gasteiger partial charge in [0.1, 0.15) is 24.2 Å². The maximum Gasteiger partial charge on any atom is 0.329 e. The average molecular weight is 867 g/mol. The third-order valence-electron chi connectivity index (χ3n) is 12.6. The molecular weight excluding hydrogens is 802 g/mol. The van der Waals surface area contributed by atoms with Gasteiger partial charge >= 0.3 is 5.97 Å². The standard InChI is InChI=1S/C43H64BrNO12/c1-8-11-30-17-24(2)16-25(3)18-35(49)39-31(23-46)20-27(5)43(53,56-39)40(50)41(51)45-15-10-9-12-32(45)42(52)55-38(28(6)33(47)22-34(30)48)26(4)19-29-13-14-36(57-44)37(21-29)54-7/h8,17,19,23,25,27-33,35-39,47,49,53H,1,9-16,18,20-22H2,2-7H3/b24-17+,26-19+/t25-,27+,28+,29-,30+,31+,32-,33-,35-,36+,37+,38+,39-,43+/m0/s1. The molecule has 320 valence electrons. The van der Waals surface area contributed by atoms with Crippen LogP contribution in [0.1, 0.15) is 105 Å². The molecule has 0 aromatic carbocycles. The molecule has 2 saturated heterocycles. The van der Waals surface area contributed by atoms with E-state index < -0.39 is 77.6 Å². The third kappa shape index (κ3) is 11.4. The lowest BCUT2D eigenvalue weighted by Gasteiger charge is -2.45. The van der Waals surface area contributed by atoms with Gasteiger partial charge in [0.15, 0.2) is 0 Å². The molecule has 0 spiro atoms. The van der Waals surface area contributed by atoms with Crippen molar-refractivity contribution in [3.05, 3.63) is 36.0 Å². The monoisotopic (exact) mass is 865 g/mol. The number of methoxy groups -OCH3 is 1. The molecular formula is C43H64BrNO12. The number of hydrogen-bond donors (Lipinski definition) is 3. The van der Waals surface area contributed by atoms with Crippen LogP contribution in [0.3, 0.4) is 0 Å². The Hall–Kier alpha value is -2.59. The minimum atomic E-state index is -2.66. The lowest BCUT2D eigenvalue weighted by molar-refractivity contribution is -0.286. The fourth-order valence-electron chi connectivity index (χ4n) is 9.32. The molecule has 1 saturated carbocycles. The van der Waals surface area contributed by atoms with Gasteiger partial charge in [-0.1, -0.05) is 44.6 Å². The second-order valence-corrected chi connectivity index (χ2v) is 17.5. The van der Waals surface area contributed by atoms with E-state index in [-0.39, 0.29) is 62.1 Å². The smallest absolute Gasteiger partial charge is 0.329 e. The summed E-state index contributed by atoms with van der Waals surface area (Å²) in [6.07, 6.45) is 5.10. The van der Waals surface area contributed by atoms with E-state index in [2.05, 4.69) is 22.8 Å². The predicted octanol–water partition coefficient (Wildman–Crippen LogP) is 5.12. The SMILES string of the molecule is C=CC[C@@H]1/C=C(\C)C[C@H](C)C[C@H](O)[C@H]2O[C@@](O)(C(=O)C(=O)N3CCCC[C@H]3C(=O)O[C@H](/C(C)=C/[C@@H]3CC[C@@H](OBr)[C@H](OC)C3)[C@H](C)[C@@H](O)CC1=O)[C@H](C)C[C@@H]2C=O. The van der Waals surface area contributed by atoms with Crippen LogP contribution in [0.5, 0.6) is 0 Å². The Bertz CT molecular complexity index is 1520. The first-order valence-electron chi connectivity index (χ1n) is 20.6. The fourth-order valence-corrected chi connectivity index (χ4v) is 9.75. The normalized spacial score (nSPS) is 40.9. The first kappa shape index (κ1) is 47.1. The maximum absolute atomic E-state index is 14.3. The summed E-state index contributed by atoms with van der Waals surface area (Å²) in [5, 5.41) is 34.9. The highest BCUT2D eigenvalue weighted by Crippen LogP contribution is 2.40. The van der Waals surface area contributed by atoms with Gasteiger partial charge < -0.3 is 43.1 Å². The first-order chi connectivity index (χ1) is 27.0. The number of piperidine rings is 1. The molecule has 0 radical (unpaired) electrons. The number of cyclic esters (lactones) is 1. The van der Waals surface area contributed by atoms with E-state index in [9.17, 15) is 39.3 Å². The van der Waals surface area contributed by atoms with Crippen LogP contribution in [0.15, 0.2) is 36.0 Å². The van der Waals surface area contributed by atoms with Gasteiger partial charge in [-0.15, -0.1) is 6.58 Å². The number of Topliss-reactive ketones (excluding diaryl/α,β-unsaturated/α-hetero) is 2. The highest BCUT2D eigenvalue weighted by atomic mass is 79.9. The molecule has 3 heterocycles. The van der Waals surface area contributed by atoms with Gasteiger partial charge in [0.05, 0.1) is 46.8 Å². The van der Waals surface area contributed by atoms with Crippen LogP contribution < -0.4 is 0 Å². The summed E-state index contributed by atoms with van der Waals surface area (Å²) in [4.78, 5) is 69.6. The van der Waals surface area contributed by atoms with Gasteiger partial charge in [-0.25, -0.2) is 4.79 Å². The quantitative estimate of drug-likeness (QED) is 0.133. The van der Waals surface area contributed by atoms with Gasteiger partial charge in [-0.2, -0.15) is 0 Å².